The number of nitrogens with one attached hydrogen (secondary N) is 1. The van der Waals surface area contributed by atoms with E-state index < -0.39 is 11.5 Å². The van der Waals surface area contributed by atoms with Crippen LogP contribution in [0.15, 0.2) is 72.8 Å². The fourth-order valence-electron chi connectivity index (χ4n) is 3.41. The summed E-state index contributed by atoms with van der Waals surface area (Å²) in [5, 5.41) is 2.98. The van der Waals surface area contributed by atoms with Gasteiger partial charge < -0.3 is 10.1 Å². The number of benzene rings is 2. The molecule has 1 amide bonds. The minimum absolute atomic E-state index is 0.182. The summed E-state index contributed by atoms with van der Waals surface area (Å²) in [5.41, 5.74) is 0.412. The van der Waals surface area contributed by atoms with Gasteiger partial charge in [0.1, 0.15) is 5.54 Å². The second-order valence-corrected chi connectivity index (χ2v) is 6.16. The van der Waals surface area contributed by atoms with E-state index >= 15 is 0 Å². The Kier molecular flexibility index (Phi) is 4.98. The van der Waals surface area contributed by atoms with Gasteiger partial charge in [-0.2, -0.15) is 0 Å². The van der Waals surface area contributed by atoms with Crippen molar-refractivity contribution in [3.8, 4) is 0 Å². The standard InChI is InChI=1S/C21H21NO3/c1-25-20(24)21(22-19(23)17-12-6-3-7-13-17)15-9-8-14-18(21)16-10-4-2-5-11-16/h2-13,18H,14-15H2,1H3,(H,22,23)/t18-,21-/m1/s1. The molecule has 128 valence electrons. The third-order valence-corrected chi connectivity index (χ3v) is 4.70. The summed E-state index contributed by atoms with van der Waals surface area (Å²) in [4.78, 5) is 25.5. The van der Waals surface area contributed by atoms with Gasteiger partial charge >= 0.3 is 5.97 Å². The van der Waals surface area contributed by atoms with Gasteiger partial charge in [0.25, 0.3) is 5.91 Å². The number of hydrogen-bond donors (Lipinski definition) is 1. The summed E-state index contributed by atoms with van der Waals surface area (Å²) in [6.45, 7) is 0. The number of allylic oxidation sites excluding steroid dienone is 1. The van der Waals surface area contributed by atoms with E-state index in [1.807, 2.05) is 48.6 Å². The van der Waals surface area contributed by atoms with Crippen molar-refractivity contribution >= 4 is 11.9 Å². The van der Waals surface area contributed by atoms with Gasteiger partial charge in [-0.05, 0) is 30.5 Å². The summed E-state index contributed by atoms with van der Waals surface area (Å²) in [6, 6.07) is 18.7. The number of amides is 1. The SMILES string of the molecule is COC(=O)[C@@]1(NC(=O)c2ccccc2)CC=CC[C@@H]1c1ccccc1. The van der Waals surface area contributed by atoms with Gasteiger partial charge in [-0.1, -0.05) is 60.7 Å². The first-order valence-electron chi connectivity index (χ1n) is 8.33. The van der Waals surface area contributed by atoms with Gasteiger partial charge in [0.15, 0.2) is 0 Å². The first-order valence-corrected chi connectivity index (χ1v) is 8.33. The third kappa shape index (κ3) is 3.33. The van der Waals surface area contributed by atoms with Crippen LogP contribution in [0.5, 0.6) is 0 Å². The molecule has 4 nitrogen and oxygen atoms in total. The van der Waals surface area contributed by atoms with E-state index in [-0.39, 0.29) is 11.8 Å². The monoisotopic (exact) mass is 335 g/mol. The van der Waals surface area contributed by atoms with Crippen LogP contribution in [0.2, 0.25) is 0 Å². The largest absolute Gasteiger partial charge is 0.467 e. The number of methoxy groups -OCH3 is 1. The van der Waals surface area contributed by atoms with Gasteiger partial charge in [0.2, 0.25) is 0 Å². The van der Waals surface area contributed by atoms with E-state index in [9.17, 15) is 9.59 Å². The smallest absolute Gasteiger partial charge is 0.332 e. The zero-order chi connectivity index (χ0) is 17.7. The van der Waals surface area contributed by atoms with E-state index in [0.717, 1.165) is 5.56 Å². The minimum atomic E-state index is -1.11. The van der Waals surface area contributed by atoms with Crippen LogP contribution in [-0.4, -0.2) is 24.5 Å². The van der Waals surface area contributed by atoms with Crippen LogP contribution in [0, 0.1) is 0 Å². The quantitative estimate of drug-likeness (QED) is 0.688. The maximum Gasteiger partial charge on any atom is 0.332 e. The highest BCUT2D eigenvalue weighted by Gasteiger charge is 2.48. The molecule has 0 saturated heterocycles. The lowest BCUT2D eigenvalue weighted by Gasteiger charge is -2.40. The van der Waals surface area contributed by atoms with E-state index in [4.69, 9.17) is 4.74 Å². The fraction of sp³-hybridized carbons (Fsp3) is 0.238. The number of carbonyl (C=O) groups is 2. The molecule has 25 heavy (non-hydrogen) atoms. The van der Waals surface area contributed by atoms with E-state index in [1.54, 1.807) is 24.3 Å². The molecule has 0 unspecified atom stereocenters. The zero-order valence-electron chi connectivity index (χ0n) is 14.1. The molecule has 0 saturated carbocycles. The van der Waals surface area contributed by atoms with Crippen LogP contribution >= 0.6 is 0 Å². The van der Waals surface area contributed by atoms with Crippen LogP contribution in [0.1, 0.15) is 34.7 Å². The topological polar surface area (TPSA) is 55.4 Å². The highest BCUT2D eigenvalue weighted by molar-refractivity contribution is 5.98. The van der Waals surface area contributed by atoms with Gasteiger partial charge in [0, 0.05) is 11.5 Å². The van der Waals surface area contributed by atoms with Gasteiger partial charge in [0.05, 0.1) is 7.11 Å². The molecule has 3 rings (SSSR count). The Labute approximate surface area is 147 Å². The number of rotatable bonds is 4. The maximum absolute atomic E-state index is 12.8. The summed E-state index contributed by atoms with van der Waals surface area (Å²) in [7, 11) is 1.36. The molecule has 0 aromatic heterocycles. The zero-order valence-corrected chi connectivity index (χ0v) is 14.1. The average Bonchev–Trinajstić information content (AvgIpc) is 2.69. The van der Waals surface area contributed by atoms with E-state index in [0.29, 0.717) is 18.4 Å². The van der Waals surface area contributed by atoms with Gasteiger partial charge in [-0.3, -0.25) is 4.79 Å². The Morgan fingerprint density at radius 1 is 1.00 bits per heavy atom. The summed E-state index contributed by atoms with van der Waals surface area (Å²) in [6.07, 6.45) is 5.04. The molecular formula is C21H21NO3. The van der Waals surface area contributed by atoms with Gasteiger partial charge in [-0.25, -0.2) is 4.79 Å². The normalized spacial score (nSPS) is 22.2. The van der Waals surface area contributed by atoms with Crippen LogP contribution in [0.4, 0.5) is 0 Å². The lowest BCUT2D eigenvalue weighted by atomic mass is 9.72. The lowest BCUT2D eigenvalue weighted by molar-refractivity contribution is -0.149. The first-order chi connectivity index (χ1) is 12.2. The third-order valence-electron chi connectivity index (χ3n) is 4.70. The van der Waals surface area contributed by atoms with Crippen LogP contribution in [0.25, 0.3) is 0 Å². The van der Waals surface area contributed by atoms with Crippen LogP contribution < -0.4 is 5.32 Å². The highest BCUT2D eigenvalue weighted by atomic mass is 16.5. The van der Waals surface area contributed by atoms with Crippen molar-refractivity contribution in [2.45, 2.75) is 24.3 Å². The van der Waals surface area contributed by atoms with Gasteiger partial charge in [-0.15, -0.1) is 0 Å². The fourth-order valence-corrected chi connectivity index (χ4v) is 3.41. The maximum atomic E-state index is 12.8. The van der Waals surface area contributed by atoms with Crippen LogP contribution in [0.3, 0.4) is 0 Å². The van der Waals surface area contributed by atoms with Crippen molar-refractivity contribution in [2.75, 3.05) is 7.11 Å². The molecule has 2 aromatic carbocycles. The van der Waals surface area contributed by atoms with Crippen LogP contribution in [-0.2, 0) is 9.53 Å². The lowest BCUT2D eigenvalue weighted by Crippen LogP contribution is -2.59. The van der Waals surface area contributed by atoms with Crippen molar-refractivity contribution in [3.63, 3.8) is 0 Å². The Morgan fingerprint density at radius 3 is 2.28 bits per heavy atom. The Morgan fingerprint density at radius 2 is 1.64 bits per heavy atom. The summed E-state index contributed by atoms with van der Waals surface area (Å²) in [5.74, 6) is -0.879. The molecule has 1 aliphatic carbocycles. The molecule has 0 bridgehead atoms. The molecular weight excluding hydrogens is 314 g/mol. The number of esters is 1. The Hall–Kier alpha value is -2.88. The summed E-state index contributed by atoms with van der Waals surface area (Å²) >= 11 is 0. The Bertz CT molecular complexity index is 770. The second-order valence-electron chi connectivity index (χ2n) is 6.16. The van der Waals surface area contributed by atoms with E-state index in [2.05, 4.69) is 5.32 Å². The predicted molar refractivity (Wildman–Crippen MR) is 96.2 cm³/mol. The molecule has 1 aliphatic rings. The molecule has 1 N–H and O–H groups in total. The molecule has 0 heterocycles. The summed E-state index contributed by atoms with van der Waals surface area (Å²) < 4.78 is 5.09. The Balaban J connectivity index is 2.01. The van der Waals surface area contributed by atoms with E-state index in [1.165, 1.54) is 7.11 Å². The molecule has 2 atom stereocenters. The molecule has 0 aliphatic heterocycles. The molecule has 4 heteroatoms. The highest BCUT2D eigenvalue weighted by Crippen LogP contribution is 2.39. The molecule has 0 spiro atoms. The number of carbonyl (C=O) groups excluding carboxylic acids is 2. The number of ether oxygens (including phenoxy) is 1. The molecule has 2 aromatic rings. The van der Waals surface area contributed by atoms with Crippen molar-refractivity contribution in [1.82, 2.24) is 5.32 Å². The van der Waals surface area contributed by atoms with Crippen molar-refractivity contribution < 1.29 is 14.3 Å². The number of hydrogen-bond acceptors (Lipinski definition) is 3. The average molecular weight is 335 g/mol. The molecule has 0 fully saturated rings. The minimum Gasteiger partial charge on any atom is -0.467 e. The molecule has 0 radical (unpaired) electrons. The second kappa shape index (κ2) is 7.34. The first kappa shape index (κ1) is 17.0. The van der Waals surface area contributed by atoms with Crippen molar-refractivity contribution in [3.05, 3.63) is 83.9 Å². The predicted octanol–water partition coefficient (Wildman–Crippen LogP) is 3.46. The van der Waals surface area contributed by atoms with Crippen molar-refractivity contribution in [1.29, 1.82) is 0 Å². The van der Waals surface area contributed by atoms with Crippen molar-refractivity contribution in [2.24, 2.45) is 0 Å².